The molecule has 0 bridgehead atoms. The number of aromatic nitrogens is 5. The molecule has 0 radical (unpaired) electrons. The zero-order valence-electron chi connectivity index (χ0n) is 8.35. The van der Waals surface area contributed by atoms with Crippen molar-refractivity contribution in [1.82, 2.24) is 25.4 Å². The summed E-state index contributed by atoms with van der Waals surface area (Å²) in [5.41, 5.74) is 0.968. The molecule has 0 aliphatic rings. The summed E-state index contributed by atoms with van der Waals surface area (Å²) < 4.78 is 0. The Morgan fingerprint density at radius 3 is 3.00 bits per heavy atom. The van der Waals surface area contributed by atoms with Crippen LogP contribution in [0, 0.1) is 5.92 Å². The van der Waals surface area contributed by atoms with Gasteiger partial charge in [0.2, 0.25) is 5.91 Å². The van der Waals surface area contributed by atoms with Gasteiger partial charge in [-0.05, 0) is 0 Å². The van der Waals surface area contributed by atoms with Crippen LogP contribution in [0.2, 0.25) is 0 Å². The molecule has 7 heteroatoms. The van der Waals surface area contributed by atoms with Gasteiger partial charge in [-0.15, -0.1) is 5.10 Å². The second kappa shape index (κ2) is 3.60. The van der Waals surface area contributed by atoms with Gasteiger partial charge < -0.3 is 5.32 Å². The maximum absolute atomic E-state index is 11.4. The number of carbonyl (C=O) groups is 1. The van der Waals surface area contributed by atoms with Crippen LogP contribution in [-0.4, -0.2) is 31.3 Å². The van der Waals surface area contributed by atoms with Crippen LogP contribution in [0.15, 0.2) is 6.33 Å². The van der Waals surface area contributed by atoms with Crippen molar-refractivity contribution in [2.75, 3.05) is 5.32 Å². The van der Waals surface area contributed by atoms with E-state index in [4.69, 9.17) is 0 Å². The molecule has 0 saturated carbocycles. The van der Waals surface area contributed by atoms with Gasteiger partial charge in [0.25, 0.3) is 0 Å². The first-order valence-corrected chi connectivity index (χ1v) is 4.51. The van der Waals surface area contributed by atoms with Gasteiger partial charge in [0.15, 0.2) is 17.0 Å². The summed E-state index contributed by atoms with van der Waals surface area (Å²) in [4.78, 5) is 19.3. The van der Waals surface area contributed by atoms with E-state index >= 15 is 0 Å². The molecule has 0 aliphatic heterocycles. The van der Waals surface area contributed by atoms with Crippen molar-refractivity contribution in [1.29, 1.82) is 0 Å². The molecule has 0 fully saturated rings. The molecule has 2 heterocycles. The number of amides is 1. The highest BCUT2D eigenvalue weighted by molar-refractivity contribution is 5.97. The average Bonchev–Trinajstić information content (AvgIpc) is 2.66. The number of rotatable bonds is 2. The predicted molar refractivity (Wildman–Crippen MR) is 52.9 cm³/mol. The summed E-state index contributed by atoms with van der Waals surface area (Å²) >= 11 is 0. The van der Waals surface area contributed by atoms with E-state index in [0.29, 0.717) is 17.0 Å². The average molecular weight is 206 g/mol. The van der Waals surface area contributed by atoms with E-state index < -0.39 is 0 Å². The van der Waals surface area contributed by atoms with Crippen LogP contribution in [0.5, 0.6) is 0 Å². The van der Waals surface area contributed by atoms with Crippen LogP contribution >= 0.6 is 0 Å². The van der Waals surface area contributed by atoms with Crippen LogP contribution in [0.1, 0.15) is 13.8 Å². The number of hydrogen-bond acceptors (Lipinski definition) is 5. The van der Waals surface area contributed by atoms with Gasteiger partial charge in [-0.3, -0.25) is 4.79 Å². The number of carbonyl (C=O) groups excluding carboxylic acids is 1. The maximum Gasteiger partial charge on any atom is 0.228 e. The van der Waals surface area contributed by atoms with E-state index in [1.54, 1.807) is 13.8 Å². The topological polar surface area (TPSA) is 96.5 Å². The van der Waals surface area contributed by atoms with Gasteiger partial charge in [0.05, 0.1) is 0 Å². The van der Waals surface area contributed by atoms with Gasteiger partial charge >= 0.3 is 0 Å². The van der Waals surface area contributed by atoms with Crippen molar-refractivity contribution in [3.05, 3.63) is 6.33 Å². The predicted octanol–water partition coefficient (Wildman–Crippen LogP) is 0.342. The lowest BCUT2D eigenvalue weighted by molar-refractivity contribution is -0.118. The lowest BCUT2D eigenvalue weighted by Crippen LogP contribution is -2.18. The van der Waals surface area contributed by atoms with Crippen LogP contribution in [0.25, 0.3) is 11.2 Å². The molecule has 2 rings (SSSR count). The largest absolute Gasteiger partial charge is 0.308 e. The first-order chi connectivity index (χ1) is 7.18. The van der Waals surface area contributed by atoms with Gasteiger partial charge in [0, 0.05) is 5.92 Å². The quantitative estimate of drug-likeness (QED) is 0.738. The molecule has 1 amide bonds. The molecule has 2 N–H and O–H groups in total. The molecule has 2 aromatic heterocycles. The van der Waals surface area contributed by atoms with Crippen molar-refractivity contribution in [2.45, 2.75) is 13.8 Å². The van der Waals surface area contributed by atoms with Crippen LogP contribution in [0.3, 0.4) is 0 Å². The second-order valence-electron chi connectivity index (χ2n) is 3.38. The van der Waals surface area contributed by atoms with Crippen molar-refractivity contribution < 1.29 is 4.79 Å². The van der Waals surface area contributed by atoms with E-state index in [2.05, 4.69) is 30.7 Å². The van der Waals surface area contributed by atoms with Crippen molar-refractivity contribution in [3.63, 3.8) is 0 Å². The number of aromatic amines is 1. The molecule has 0 spiro atoms. The summed E-state index contributed by atoms with van der Waals surface area (Å²) in [6, 6.07) is 0. The Morgan fingerprint density at radius 1 is 1.47 bits per heavy atom. The summed E-state index contributed by atoms with van der Waals surface area (Å²) in [6.45, 7) is 3.60. The lowest BCUT2D eigenvalue weighted by atomic mass is 10.2. The number of fused-ring (bicyclic) bond motifs is 1. The highest BCUT2D eigenvalue weighted by Gasteiger charge is 2.12. The lowest BCUT2D eigenvalue weighted by Gasteiger charge is -2.05. The van der Waals surface area contributed by atoms with Crippen LogP contribution < -0.4 is 5.32 Å². The highest BCUT2D eigenvalue weighted by Crippen LogP contribution is 2.13. The fourth-order valence-corrected chi connectivity index (χ4v) is 1.03. The van der Waals surface area contributed by atoms with E-state index in [1.165, 1.54) is 6.33 Å². The smallest absolute Gasteiger partial charge is 0.228 e. The molecular weight excluding hydrogens is 196 g/mol. The summed E-state index contributed by atoms with van der Waals surface area (Å²) in [5.74, 6) is 0.160. The van der Waals surface area contributed by atoms with Crippen LogP contribution in [0.4, 0.5) is 5.82 Å². The fraction of sp³-hybridized carbons (Fsp3) is 0.375. The Balaban J connectivity index is 2.35. The molecule has 0 aliphatic carbocycles. The zero-order chi connectivity index (χ0) is 10.8. The van der Waals surface area contributed by atoms with E-state index in [1.807, 2.05) is 0 Å². The minimum atomic E-state index is -0.113. The minimum Gasteiger partial charge on any atom is -0.308 e. The Labute approximate surface area is 85.3 Å². The molecule has 7 nitrogen and oxygen atoms in total. The Kier molecular flexibility index (Phi) is 2.28. The van der Waals surface area contributed by atoms with E-state index in [9.17, 15) is 4.79 Å². The second-order valence-corrected chi connectivity index (χ2v) is 3.38. The van der Waals surface area contributed by atoms with E-state index in [-0.39, 0.29) is 11.8 Å². The standard InChI is InChI=1S/C8H10N6O/c1-4(2)8(15)11-6-5-7(10-3-9-6)13-14-12-5/h3-4H,1-2H3,(H2,9,10,11,12,13,14,15). The molecule has 0 atom stereocenters. The number of hydrogen-bond donors (Lipinski definition) is 2. The first-order valence-electron chi connectivity index (χ1n) is 4.51. The van der Waals surface area contributed by atoms with Gasteiger partial charge in [-0.25, -0.2) is 15.1 Å². The fourth-order valence-electron chi connectivity index (χ4n) is 1.03. The Hall–Kier alpha value is -2.05. The molecule has 0 saturated heterocycles. The maximum atomic E-state index is 11.4. The third-order valence-electron chi connectivity index (χ3n) is 1.89. The third-order valence-corrected chi connectivity index (χ3v) is 1.89. The molecular formula is C8H10N6O. The normalized spacial score (nSPS) is 10.9. The van der Waals surface area contributed by atoms with Gasteiger partial charge in [-0.1, -0.05) is 19.1 Å². The Bertz CT molecular complexity index is 491. The van der Waals surface area contributed by atoms with Gasteiger partial charge in [0.1, 0.15) is 6.33 Å². The summed E-state index contributed by atoms with van der Waals surface area (Å²) in [6.07, 6.45) is 1.35. The number of anilines is 1. The summed E-state index contributed by atoms with van der Waals surface area (Å²) in [7, 11) is 0. The number of nitrogens with zero attached hydrogens (tertiary/aromatic N) is 4. The Morgan fingerprint density at radius 2 is 2.27 bits per heavy atom. The highest BCUT2D eigenvalue weighted by atomic mass is 16.1. The molecule has 78 valence electrons. The van der Waals surface area contributed by atoms with Crippen molar-refractivity contribution in [3.8, 4) is 0 Å². The third kappa shape index (κ3) is 1.76. The zero-order valence-corrected chi connectivity index (χ0v) is 8.35. The SMILES string of the molecule is CC(C)C(=O)Nc1ncnc2[nH]nnc12. The number of nitrogens with one attached hydrogen (secondary N) is 2. The number of H-pyrrole nitrogens is 1. The molecule has 2 aromatic rings. The summed E-state index contributed by atoms with van der Waals surface area (Å²) in [5, 5.41) is 12.6. The minimum absolute atomic E-state index is 0.109. The van der Waals surface area contributed by atoms with Gasteiger partial charge in [-0.2, -0.15) is 0 Å². The van der Waals surface area contributed by atoms with Crippen molar-refractivity contribution in [2.24, 2.45) is 5.92 Å². The molecule has 15 heavy (non-hydrogen) atoms. The van der Waals surface area contributed by atoms with Crippen LogP contribution in [-0.2, 0) is 4.79 Å². The van der Waals surface area contributed by atoms with Crippen molar-refractivity contribution >= 4 is 22.9 Å². The first kappa shape index (κ1) is 9.50. The molecule has 0 unspecified atom stereocenters. The van der Waals surface area contributed by atoms with E-state index in [0.717, 1.165) is 0 Å². The molecule has 0 aromatic carbocycles. The monoisotopic (exact) mass is 206 g/mol.